The number of rotatable bonds is 7. The lowest BCUT2D eigenvalue weighted by molar-refractivity contribution is 0.273. The third-order valence-electron chi connectivity index (χ3n) is 3.23. The van der Waals surface area contributed by atoms with Gasteiger partial charge in [-0.15, -0.1) is 0 Å². The maximum absolute atomic E-state index is 13.8. The van der Waals surface area contributed by atoms with Crippen LogP contribution < -0.4 is 11.1 Å². The zero-order chi connectivity index (χ0) is 15.3. The number of thiocarbonyl (C=S) groups is 1. The molecule has 6 heteroatoms. The van der Waals surface area contributed by atoms with Gasteiger partial charge in [0.15, 0.2) is 11.6 Å². The van der Waals surface area contributed by atoms with E-state index >= 15 is 0 Å². The highest BCUT2D eigenvalue weighted by Crippen LogP contribution is 2.20. The SMILES string of the molecule is CC(C)N(C)CCCNc1ccc(C(N)=S)c(F)c1F. The highest BCUT2D eigenvalue weighted by atomic mass is 32.1. The fourth-order valence-electron chi connectivity index (χ4n) is 1.69. The Morgan fingerprint density at radius 2 is 2.00 bits per heavy atom. The lowest BCUT2D eigenvalue weighted by atomic mass is 10.1. The Morgan fingerprint density at radius 1 is 1.35 bits per heavy atom. The van der Waals surface area contributed by atoms with Gasteiger partial charge in [-0.25, -0.2) is 8.78 Å². The second kappa shape index (κ2) is 7.50. The molecule has 0 spiro atoms. The topological polar surface area (TPSA) is 41.3 Å². The Bertz CT molecular complexity index is 478. The predicted molar refractivity (Wildman–Crippen MR) is 83.1 cm³/mol. The van der Waals surface area contributed by atoms with Gasteiger partial charge in [0.05, 0.1) is 5.69 Å². The molecule has 0 bridgehead atoms. The molecule has 0 heterocycles. The van der Waals surface area contributed by atoms with E-state index in [1.807, 2.05) is 7.05 Å². The van der Waals surface area contributed by atoms with Crippen LogP contribution in [0.25, 0.3) is 0 Å². The van der Waals surface area contributed by atoms with Crippen molar-refractivity contribution in [2.24, 2.45) is 5.73 Å². The van der Waals surface area contributed by atoms with E-state index in [0.29, 0.717) is 12.6 Å². The number of anilines is 1. The molecule has 0 aliphatic heterocycles. The lowest BCUT2D eigenvalue weighted by Gasteiger charge is -2.21. The lowest BCUT2D eigenvalue weighted by Crippen LogP contribution is -2.28. The van der Waals surface area contributed by atoms with Crippen molar-refractivity contribution in [3.05, 3.63) is 29.3 Å². The molecular weight excluding hydrogens is 280 g/mol. The fraction of sp³-hybridized carbons (Fsp3) is 0.500. The summed E-state index contributed by atoms with van der Waals surface area (Å²) in [6.07, 6.45) is 0.840. The quantitative estimate of drug-likeness (QED) is 0.600. The van der Waals surface area contributed by atoms with Crippen molar-refractivity contribution in [1.29, 1.82) is 0 Å². The molecule has 0 saturated heterocycles. The van der Waals surface area contributed by atoms with E-state index in [1.54, 1.807) is 0 Å². The molecule has 0 radical (unpaired) electrons. The summed E-state index contributed by atoms with van der Waals surface area (Å²) in [5.74, 6) is -1.94. The third-order valence-corrected chi connectivity index (χ3v) is 3.45. The number of nitrogens with zero attached hydrogens (tertiary/aromatic N) is 1. The maximum atomic E-state index is 13.8. The number of halogens is 2. The number of hydrogen-bond donors (Lipinski definition) is 2. The zero-order valence-corrected chi connectivity index (χ0v) is 12.9. The molecule has 3 nitrogen and oxygen atoms in total. The molecule has 20 heavy (non-hydrogen) atoms. The minimum Gasteiger partial charge on any atom is -0.389 e. The van der Waals surface area contributed by atoms with Crippen molar-refractivity contribution < 1.29 is 8.78 Å². The van der Waals surface area contributed by atoms with Crippen LogP contribution >= 0.6 is 12.2 Å². The van der Waals surface area contributed by atoms with Crippen LogP contribution in [0.15, 0.2) is 12.1 Å². The summed E-state index contributed by atoms with van der Waals surface area (Å²) in [7, 11) is 2.03. The number of benzene rings is 1. The maximum Gasteiger partial charge on any atom is 0.182 e. The number of hydrogen-bond acceptors (Lipinski definition) is 3. The van der Waals surface area contributed by atoms with Crippen LogP contribution in [0.4, 0.5) is 14.5 Å². The van der Waals surface area contributed by atoms with Gasteiger partial charge in [0.25, 0.3) is 0 Å². The molecule has 1 aromatic rings. The number of nitrogens with two attached hydrogens (primary N) is 1. The molecule has 0 aromatic heterocycles. The normalized spacial score (nSPS) is 11.2. The summed E-state index contributed by atoms with van der Waals surface area (Å²) in [4.78, 5) is 2.04. The van der Waals surface area contributed by atoms with E-state index in [0.717, 1.165) is 13.0 Å². The summed E-state index contributed by atoms with van der Waals surface area (Å²) < 4.78 is 27.4. The standard InChI is InChI=1S/C14H21F2N3S/c1-9(2)19(3)8-4-7-18-11-6-5-10(14(17)20)12(15)13(11)16/h5-6,9,18H,4,7-8H2,1-3H3,(H2,17,20). The average molecular weight is 301 g/mol. The molecule has 0 amide bonds. The molecular formula is C14H21F2N3S. The van der Waals surface area contributed by atoms with Crippen molar-refractivity contribution in [3.63, 3.8) is 0 Å². The van der Waals surface area contributed by atoms with Crippen LogP contribution in [0.5, 0.6) is 0 Å². The Kier molecular flexibility index (Phi) is 6.29. The molecule has 1 aromatic carbocycles. The van der Waals surface area contributed by atoms with E-state index in [2.05, 4.69) is 36.3 Å². The molecule has 0 aliphatic carbocycles. The Balaban J connectivity index is 2.57. The molecule has 0 unspecified atom stereocenters. The first-order valence-corrected chi connectivity index (χ1v) is 6.97. The van der Waals surface area contributed by atoms with Crippen LogP contribution in [0, 0.1) is 11.6 Å². The van der Waals surface area contributed by atoms with Crippen molar-refractivity contribution >= 4 is 22.9 Å². The van der Waals surface area contributed by atoms with E-state index in [9.17, 15) is 8.78 Å². The first-order chi connectivity index (χ1) is 9.34. The largest absolute Gasteiger partial charge is 0.389 e. The molecule has 0 saturated carbocycles. The summed E-state index contributed by atoms with van der Waals surface area (Å²) in [6, 6.07) is 3.32. The molecule has 112 valence electrons. The molecule has 3 N–H and O–H groups in total. The highest BCUT2D eigenvalue weighted by Gasteiger charge is 2.14. The zero-order valence-electron chi connectivity index (χ0n) is 12.0. The molecule has 0 fully saturated rings. The highest BCUT2D eigenvalue weighted by molar-refractivity contribution is 7.80. The van der Waals surface area contributed by atoms with E-state index in [4.69, 9.17) is 5.73 Å². The van der Waals surface area contributed by atoms with Gasteiger partial charge in [-0.3, -0.25) is 0 Å². The molecule has 1 rings (SSSR count). The first kappa shape index (κ1) is 16.8. The monoisotopic (exact) mass is 301 g/mol. The van der Waals surface area contributed by atoms with Gasteiger partial charge in [-0.05, 0) is 46.0 Å². The van der Waals surface area contributed by atoms with Gasteiger partial charge in [0, 0.05) is 18.2 Å². The van der Waals surface area contributed by atoms with E-state index < -0.39 is 11.6 Å². The smallest absolute Gasteiger partial charge is 0.182 e. The van der Waals surface area contributed by atoms with Crippen LogP contribution in [0.3, 0.4) is 0 Å². The second-order valence-corrected chi connectivity index (χ2v) is 5.45. The predicted octanol–water partition coefficient (Wildman–Crippen LogP) is 2.74. The summed E-state index contributed by atoms with van der Waals surface area (Å²) in [5.41, 5.74) is 5.38. The van der Waals surface area contributed by atoms with Crippen molar-refractivity contribution in [2.75, 3.05) is 25.5 Å². The van der Waals surface area contributed by atoms with Crippen LogP contribution in [-0.2, 0) is 0 Å². The Morgan fingerprint density at radius 3 is 2.55 bits per heavy atom. The fourth-order valence-corrected chi connectivity index (χ4v) is 1.84. The van der Waals surface area contributed by atoms with Crippen molar-refractivity contribution in [2.45, 2.75) is 26.3 Å². The Labute approximate surface area is 124 Å². The Hall–Kier alpha value is -1.27. The van der Waals surface area contributed by atoms with Gasteiger partial charge in [0.1, 0.15) is 4.99 Å². The number of nitrogens with one attached hydrogen (secondary N) is 1. The van der Waals surface area contributed by atoms with E-state index in [1.165, 1.54) is 12.1 Å². The van der Waals surface area contributed by atoms with Crippen molar-refractivity contribution in [3.8, 4) is 0 Å². The van der Waals surface area contributed by atoms with Gasteiger partial charge in [0.2, 0.25) is 0 Å². The summed E-state index contributed by atoms with van der Waals surface area (Å²) in [5, 5.41) is 2.89. The van der Waals surface area contributed by atoms with Gasteiger partial charge >= 0.3 is 0 Å². The van der Waals surface area contributed by atoms with Crippen LogP contribution in [0.1, 0.15) is 25.8 Å². The minimum atomic E-state index is -0.998. The van der Waals surface area contributed by atoms with Gasteiger partial charge in [-0.2, -0.15) is 0 Å². The van der Waals surface area contributed by atoms with Gasteiger partial charge < -0.3 is 16.0 Å². The summed E-state index contributed by atoms with van der Waals surface area (Å²) >= 11 is 4.66. The van der Waals surface area contributed by atoms with Crippen molar-refractivity contribution in [1.82, 2.24) is 4.90 Å². The van der Waals surface area contributed by atoms with Gasteiger partial charge in [-0.1, -0.05) is 12.2 Å². The molecule has 0 atom stereocenters. The second-order valence-electron chi connectivity index (χ2n) is 5.01. The average Bonchev–Trinajstić information content (AvgIpc) is 2.38. The third kappa shape index (κ3) is 4.38. The molecule has 0 aliphatic rings. The van der Waals surface area contributed by atoms with Crippen LogP contribution in [0.2, 0.25) is 0 Å². The first-order valence-electron chi connectivity index (χ1n) is 6.56. The van der Waals surface area contributed by atoms with E-state index in [-0.39, 0.29) is 16.2 Å². The van der Waals surface area contributed by atoms with Crippen LogP contribution in [-0.4, -0.2) is 36.1 Å². The minimum absolute atomic E-state index is 0.0670. The summed E-state index contributed by atoms with van der Waals surface area (Å²) in [6.45, 7) is 5.67.